The topological polar surface area (TPSA) is 86.5 Å². The molecular weight excluding hydrogens is 378 g/mol. The molecule has 0 saturated carbocycles. The van der Waals surface area contributed by atoms with E-state index in [9.17, 15) is 4.79 Å². The maximum absolute atomic E-state index is 12.7. The van der Waals surface area contributed by atoms with E-state index in [2.05, 4.69) is 22.1 Å². The molecule has 8 heteroatoms. The average Bonchev–Trinajstić information content (AvgIpc) is 3.20. The Morgan fingerprint density at radius 3 is 2.71 bits per heavy atom. The molecule has 7 nitrogen and oxygen atoms in total. The lowest BCUT2D eigenvalue weighted by Gasteiger charge is -2.11. The number of nitrogens with zero attached hydrogens (tertiary/aromatic N) is 2. The lowest BCUT2D eigenvalue weighted by molar-refractivity contribution is 0.102. The van der Waals surface area contributed by atoms with Gasteiger partial charge in [-0.3, -0.25) is 4.79 Å². The average molecular weight is 397 g/mol. The lowest BCUT2D eigenvalue weighted by Crippen LogP contribution is -2.13. The molecule has 0 atom stereocenters. The summed E-state index contributed by atoms with van der Waals surface area (Å²) in [5.41, 5.74) is 1.63. The molecule has 1 N–H and O–H groups in total. The van der Waals surface area contributed by atoms with Gasteiger partial charge >= 0.3 is 0 Å². The molecule has 0 aliphatic carbocycles. The first-order valence-corrected chi connectivity index (χ1v) is 9.34. The van der Waals surface area contributed by atoms with Crippen LogP contribution in [0.3, 0.4) is 0 Å². The van der Waals surface area contributed by atoms with Gasteiger partial charge in [-0.1, -0.05) is 30.0 Å². The Balaban J connectivity index is 1.84. The van der Waals surface area contributed by atoms with E-state index in [0.29, 0.717) is 45.2 Å². The first-order chi connectivity index (χ1) is 13.7. The molecule has 0 fully saturated rings. The van der Waals surface area contributed by atoms with Gasteiger partial charge in [-0.15, -0.1) is 16.8 Å². The molecule has 2 aromatic carbocycles. The van der Waals surface area contributed by atoms with Crippen molar-refractivity contribution in [1.29, 1.82) is 0 Å². The second-order valence-corrected chi connectivity index (χ2v) is 6.51. The van der Waals surface area contributed by atoms with E-state index in [1.807, 2.05) is 12.1 Å². The first kappa shape index (κ1) is 19.5. The van der Waals surface area contributed by atoms with Crippen molar-refractivity contribution in [3.63, 3.8) is 0 Å². The van der Waals surface area contributed by atoms with Crippen LogP contribution in [0.2, 0.25) is 0 Å². The normalized spacial score (nSPS) is 10.4. The molecule has 3 rings (SSSR count). The van der Waals surface area contributed by atoms with Gasteiger partial charge in [-0.05, 0) is 30.3 Å². The molecule has 0 spiro atoms. The number of hydrogen-bond donors (Lipinski definition) is 1. The van der Waals surface area contributed by atoms with E-state index in [4.69, 9.17) is 13.9 Å². The molecular formula is C20H19N3O4S. The van der Waals surface area contributed by atoms with E-state index in [-0.39, 0.29) is 5.91 Å². The van der Waals surface area contributed by atoms with Crippen molar-refractivity contribution in [2.24, 2.45) is 0 Å². The predicted octanol–water partition coefficient (Wildman–Crippen LogP) is 4.28. The fourth-order valence-corrected chi connectivity index (χ4v) is 2.95. The number of amides is 1. The molecule has 3 aromatic rings. The highest BCUT2D eigenvalue weighted by atomic mass is 32.2. The highest BCUT2D eigenvalue weighted by Gasteiger charge is 2.16. The number of para-hydroxylation sites is 1. The summed E-state index contributed by atoms with van der Waals surface area (Å²) in [7, 11) is 3.06. The number of aromatic nitrogens is 2. The third-order valence-corrected chi connectivity index (χ3v) is 4.60. The molecule has 28 heavy (non-hydrogen) atoms. The third-order valence-electron chi connectivity index (χ3n) is 3.78. The van der Waals surface area contributed by atoms with E-state index in [1.54, 1.807) is 43.5 Å². The molecule has 0 aliphatic rings. The van der Waals surface area contributed by atoms with Gasteiger partial charge in [0.1, 0.15) is 0 Å². The van der Waals surface area contributed by atoms with Crippen molar-refractivity contribution >= 4 is 23.4 Å². The smallest absolute Gasteiger partial charge is 0.277 e. The number of benzene rings is 2. The summed E-state index contributed by atoms with van der Waals surface area (Å²) < 4.78 is 16.1. The summed E-state index contributed by atoms with van der Waals surface area (Å²) in [6.45, 7) is 3.66. The van der Waals surface area contributed by atoms with Crippen LogP contribution in [-0.4, -0.2) is 36.1 Å². The molecule has 0 unspecified atom stereocenters. The maximum atomic E-state index is 12.7. The Bertz CT molecular complexity index is 987. The van der Waals surface area contributed by atoms with Gasteiger partial charge in [0.15, 0.2) is 11.5 Å². The zero-order valence-corrected chi connectivity index (χ0v) is 16.3. The van der Waals surface area contributed by atoms with Gasteiger partial charge in [0.25, 0.3) is 17.0 Å². The summed E-state index contributed by atoms with van der Waals surface area (Å²) in [5, 5.41) is 11.4. The number of ether oxygens (including phenoxy) is 2. The van der Waals surface area contributed by atoms with Crippen LogP contribution in [0.4, 0.5) is 5.69 Å². The molecule has 0 bridgehead atoms. The molecule has 1 amide bonds. The van der Waals surface area contributed by atoms with Crippen LogP contribution >= 0.6 is 11.8 Å². The largest absolute Gasteiger partial charge is 0.493 e. The summed E-state index contributed by atoms with van der Waals surface area (Å²) in [6.07, 6.45) is 1.76. The molecule has 0 saturated heterocycles. The number of nitrogens with one attached hydrogen (secondary N) is 1. The number of thioether (sulfide) groups is 1. The minimum absolute atomic E-state index is 0.297. The SMILES string of the molecule is C=CCSc1nnc(-c2ccccc2NC(=O)c2ccc(OC)c(OC)c2)o1. The highest BCUT2D eigenvalue weighted by Crippen LogP contribution is 2.31. The zero-order chi connectivity index (χ0) is 19.9. The summed E-state index contributed by atoms with van der Waals surface area (Å²) in [6, 6.07) is 12.2. The summed E-state index contributed by atoms with van der Waals surface area (Å²) >= 11 is 1.39. The molecule has 144 valence electrons. The number of rotatable bonds is 8. The van der Waals surface area contributed by atoms with Crippen molar-refractivity contribution < 1.29 is 18.7 Å². The predicted molar refractivity (Wildman–Crippen MR) is 108 cm³/mol. The van der Waals surface area contributed by atoms with Crippen LogP contribution in [0.15, 0.2) is 64.8 Å². The number of hydrogen-bond acceptors (Lipinski definition) is 7. The fourth-order valence-electron chi connectivity index (χ4n) is 2.46. The van der Waals surface area contributed by atoms with E-state index >= 15 is 0 Å². The van der Waals surface area contributed by atoms with Gasteiger partial charge in [0.2, 0.25) is 0 Å². The van der Waals surface area contributed by atoms with Crippen molar-refractivity contribution in [1.82, 2.24) is 10.2 Å². The molecule has 1 aromatic heterocycles. The Hall–Kier alpha value is -3.26. The summed E-state index contributed by atoms with van der Waals surface area (Å²) in [5.74, 6) is 1.72. The number of methoxy groups -OCH3 is 2. The highest BCUT2D eigenvalue weighted by molar-refractivity contribution is 7.99. The van der Waals surface area contributed by atoms with Crippen LogP contribution in [0, 0.1) is 0 Å². The van der Waals surface area contributed by atoms with E-state index in [1.165, 1.54) is 18.9 Å². The van der Waals surface area contributed by atoms with Crippen molar-refractivity contribution in [2.45, 2.75) is 5.22 Å². The fraction of sp³-hybridized carbons (Fsp3) is 0.150. The third kappa shape index (κ3) is 4.34. The Morgan fingerprint density at radius 2 is 1.96 bits per heavy atom. The van der Waals surface area contributed by atoms with E-state index in [0.717, 1.165) is 0 Å². The monoisotopic (exact) mass is 397 g/mol. The van der Waals surface area contributed by atoms with Crippen LogP contribution in [-0.2, 0) is 0 Å². The zero-order valence-electron chi connectivity index (χ0n) is 15.5. The first-order valence-electron chi connectivity index (χ1n) is 8.36. The minimum Gasteiger partial charge on any atom is -0.493 e. The molecule has 0 radical (unpaired) electrons. The maximum Gasteiger partial charge on any atom is 0.277 e. The number of carbonyl (C=O) groups excluding carboxylic acids is 1. The van der Waals surface area contributed by atoms with Crippen molar-refractivity contribution in [3.8, 4) is 23.0 Å². The number of carbonyl (C=O) groups is 1. The van der Waals surface area contributed by atoms with Crippen LogP contribution in [0.25, 0.3) is 11.5 Å². The second kappa shape index (κ2) is 9.09. The Morgan fingerprint density at radius 1 is 1.18 bits per heavy atom. The van der Waals surface area contributed by atoms with Gasteiger partial charge in [-0.2, -0.15) is 0 Å². The van der Waals surface area contributed by atoms with E-state index < -0.39 is 0 Å². The Kier molecular flexibility index (Phi) is 6.33. The molecule has 0 aliphatic heterocycles. The standard InChI is InChI=1S/C20H19N3O4S/c1-4-11-28-20-23-22-19(27-20)14-7-5-6-8-15(14)21-18(24)13-9-10-16(25-2)17(12-13)26-3/h4-10,12H,1,11H2,2-3H3,(H,21,24). The summed E-state index contributed by atoms with van der Waals surface area (Å²) in [4.78, 5) is 12.7. The van der Waals surface area contributed by atoms with Gasteiger partial charge in [0.05, 0.1) is 25.5 Å². The Labute approximate surface area is 166 Å². The number of anilines is 1. The molecule has 1 heterocycles. The second-order valence-electron chi connectivity index (χ2n) is 5.54. The van der Waals surface area contributed by atoms with Crippen LogP contribution in [0.5, 0.6) is 11.5 Å². The van der Waals surface area contributed by atoms with Gasteiger partial charge < -0.3 is 19.2 Å². The van der Waals surface area contributed by atoms with Gasteiger partial charge in [-0.25, -0.2) is 0 Å². The van der Waals surface area contributed by atoms with Crippen molar-refractivity contribution in [3.05, 3.63) is 60.7 Å². The van der Waals surface area contributed by atoms with Crippen molar-refractivity contribution in [2.75, 3.05) is 25.3 Å². The van der Waals surface area contributed by atoms with Crippen LogP contribution in [0.1, 0.15) is 10.4 Å². The lowest BCUT2D eigenvalue weighted by atomic mass is 10.1. The quantitative estimate of drug-likeness (QED) is 0.448. The van der Waals surface area contributed by atoms with Gasteiger partial charge in [0, 0.05) is 11.3 Å². The minimum atomic E-state index is -0.297. The van der Waals surface area contributed by atoms with Crippen LogP contribution < -0.4 is 14.8 Å².